The van der Waals surface area contributed by atoms with E-state index in [0.717, 1.165) is 12.1 Å². The van der Waals surface area contributed by atoms with Gasteiger partial charge in [0.15, 0.2) is 6.29 Å². The zero-order valence-corrected chi connectivity index (χ0v) is 10.3. The lowest BCUT2D eigenvalue weighted by molar-refractivity contribution is -0.114. The molecule has 1 rings (SSSR count). The van der Waals surface area contributed by atoms with Gasteiger partial charge in [0.2, 0.25) is 0 Å². The minimum Gasteiger partial charge on any atom is -0.349 e. The van der Waals surface area contributed by atoms with E-state index in [9.17, 15) is 0 Å². The Morgan fingerprint density at radius 3 is 2.62 bits per heavy atom. The highest BCUT2D eigenvalue weighted by atomic mass is 16.7. The topological polar surface area (TPSA) is 45.5 Å². The van der Waals surface area contributed by atoms with Gasteiger partial charge in [-0.3, -0.25) is 4.90 Å². The van der Waals surface area contributed by atoms with E-state index < -0.39 is 0 Å². The van der Waals surface area contributed by atoms with Crippen molar-refractivity contribution in [3.05, 3.63) is 11.6 Å². The molecule has 0 N–H and O–H groups in total. The van der Waals surface area contributed by atoms with Crippen LogP contribution in [0.3, 0.4) is 0 Å². The molecule has 4 nitrogen and oxygen atoms in total. The van der Waals surface area contributed by atoms with Crippen LogP contribution in [0.1, 0.15) is 20.3 Å². The summed E-state index contributed by atoms with van der Waals surface area (Å²) in [5.74, 6) is 0. The summed E-state index contributed by atoms with van der Waals surface area (Å²) in [7, 11) is 1.96. The molecule has 1 heterocycles. The van der Waals surface area contributed by atoms with Gasteiger partial charge in [0.1, 0.15) is 6.04 Å². The van der Waals surface area contributed by atoms with Gasteiger partial charge in [-0.05, 0) is 26.5 Å². The highest BCUT2D eigenvalue weighted by molar-refractivity contribution is 5.16. The van der Waals surface area contributed by atoms with E-state index in [-0.39, 0.29) is 12.3 Å². The van der Waals surface area contributed by atoms with Gasteiger partial charge in [-0.1, -0.05) is 6.08 Å². The van der Waals surface area contributed by atoms with Crippen LogP contribution in [-0.2, 0) is 9.47 Å². The Hall–Kier alpha value is -0.890. The molecular weight excluding hydrogens is 204 g/mol. The lowest BCUT2D eigenvalue weighted by Gasteiger charge is -2.30. The summed E-state index contributed by atoms with van der Waals surface area (Å²) in [6.45, 7) is 5.92. The molecule has 16 heavy (non-hydrogen) atoms. The van der Waals surface area contributed by atoms with Crippen molar-refractivity contribution in [3.8, 4) is 6.07 Å². The van der Waals surface area contributed by atoms with Crippen LogP contribution < -0.4 is 0 Å². The summed E-state index contributed by atoms with van der Waals surface area (Å²) in [6.07, 6.45) is 2.53. The van der Waals surface area contributed by atoms with Crippen molar-refractivity contribution in [2.45, 2.75) is 32.6 Å². The van der Waals surface area contributed by atoms with Gasteiger partial charge >= 0.3 is 0 Å². The number of nitrogens with zero attached hydrogens (tertiary/aromatic N) is 2. The zero-order valence-electron chi connectivity index (χ0n) is 10.3. The van der Waals surface area contributed by atoms with Gasteiger partial charge in [0.25, 0.3) is 0 Å². The molecular formula is C12H20N2O2. The third-order valence-electron chi connectivity index (χ3n) is 2.69. The van der Waals surface area contributed by atoms with E-state index in [1.54, 1.807) is 0 Å². The number of hydrogen-bond donors (Lipinski definition) is 0. The van der Waals surface area contributed by atoms with E-state index in [1.165, 1.54) is 0 Å². The third kappa shape index (κ3) is 3.31. The highest BCUT2D eigenvalue weighted by Gasteiger charge is 2.25. The molecule has 1 unspecified atom stereocenters. The highest BCUT2D eigenvalue weighted by Crippen LogP contribution is 2.21. The lowest BCUT2D eigenvalue weighted by atomic mass is 10.0. The normalized spacial score (nSPS) is 21.9. The van der Waals surface area contributed by atoms with Crippen LogP contribution in [0.4, 0.5) is 0 Å². The van der Waals surface area contributed by atoms with Crippen LogP contribution in [0.5, 0.6) is 0 Å². The summed E-state index contributed by atoms with van der Waals surface area (Å²) in [5, 5.41) is 9.02. The molecule has 0 bridgehead atoms. The molecule has 90 valence electrons. The molecule has 0 saturated heterocycles. The smallest absolute Gasteiger partial charge is 0.179 e. The van der Waals surface area contributed by atoms with Gasteiger partial charge in [-0.2, -0.15) is 5.26 Å². The van der Waals surface area contributed by atoms with E-state index in [1.807, 2.05) is 25.8 Å². The Kier molecular flexibility index (Phi) is 5.47. The van der Waals surface area contributed by atoms with Gasteiger partial charge in [-0.25, -0.2) is 0 Å². The van der Waals surface area contributed by atoms with Crippen molar-refractivity contribution >= 4 is 0 Å². The first-order chi connectivity index (χ1) is 7.72. The summed E-state index contributed by atoms with van der Waals surface area (Å²) in [5.41, 5.74) is 1.09. The Labute approximate surface area is 97.4 Å². The average molecular weight is 224 g/mol. The lowest BCUT2D eigenvalue weighted by Crippen LogP contribution is -2.37. The molecule has 0 aromatic rings. The first-order valence-corrected chi connectivity index (χ1v) is 5.74. The maximum absolute atomic E-state index is 9.02. The standard InChI is InChI=1S/C12H20N2O2/c1-4-15-12(16-5-2)10-6-7-14(3)11(8-10)9-13/h6,11-12H,4-5,7-8H2,1-3H3. The quantitative estimate of drug-likeness (QED) is 0.525. The summed E-state index contributed by atoms with van der Waals surface area (Å²) in [6, 6.07) is 2.23. The van der Waals surface area contributed by atoms with Crippen LogP contribution in [0.25, 0.3) is 0 Å². The molecule has 0 saturated carbocycles. The number of rotatable bonds is 5. The fourth-order valence-electron chi connectivity index (χ4n) is 1.75. The van der Waals surface area contributed by atoms with E-state index in [4.69, 9.17) is 14.7 Å². The third-order valence-corrected chi connectivity index (χ3v) is 2.69. The second-order valence-corrected chi connectivity index (χ2v) is 3.81. The van der Waals surface area contributed by atoms with Gasteiger partial charge < -0.3 is 9.47 Å². The number of ether oxygens (including phenoxy) is 2. The molecule has 0 aliphatic carbocycles. The fraction of sp³-hybridized carbons (Fsp3) is 0.750. The zero-order chi connectivity index (χ0) is 12.0. The molecule has 0 amide bonds. The predicted molar refractivity (Wildman–Crippen MR) is 61.8 cm³/mol. The van der Waals surface area contributed by atoms with Gasteiger partial charge in [0, 0.05) is 26.2 Å². The maximum Gasteiger partial charge on any atom is 0.179 e. The van der Waals surface area contributed by atoms with Crippen molar-refractivity contribution in [1.29, 1.82) is 5.26 Å². The molecule has 0 fully saturated rings. The maximum atomic E-state index is 9.02. The van der Waals surface area contributed by atoms with Crippen LogP contribution in [0.15, 0.2) is 11.6 Å². The van der Waals surface area contributed by atoms with Crippen molar-refractivity contribution < 1.29 is 9.47 Å². The molecule has 0 aromatic heterocycles. The Bertz CT molecular complexity index is 277. The molecule has 0 spiro atoms. The largest absolute Gasteiger partial charge is 0.349 e. The number of nitriles is 1. The number of hydrogen-bond acceptors (Lipinski definition) is 4. The first kappa shape index (κ1) is 13.2. The summed E-state index contributed by atoms with van der Waals surface area (Å²) < 4.78 is 11.1. The van der Waals surface area contributed by atoms with E-state index in [2.05, 4.69) is 12.1 Å². The second-order valence-electron chi connectivity index (χ2n) is 3.81. The fourth-order valence-corrected chi connectivity index (χ4v) is 1.75. The predicted octanol–water partition coefficient (Wildman–Crippen LogP) is 1.54. The Balaban J connectivity index is 2.67. The summed E-state index contributed by atoms with van der Waals surface area (Å²) in [4.78, 5) is 2.03. The van der Waals surface area contributed by atoms with Crippen LogP contribution >= 0.6 is 0 Å². The van der Waals surface area contributed by atoms with Crippen molar-refractivity contribution in [1.82, 2.24) is 4.90 Å². The molecule has 1 atom stereocenters. The molecule has 1 aliphatic rings. The van der Waals surface area contributed by atoms with E-state index >= 15 is 0 Å². The van der Waals surface area contributed by atoms with Crippen LogP contribution in [0.2, 0.25) is 0 Å². The molecule has 0 aromatic carbocycles. The molecule has 4 heteroatoms. The van der Waals surface area contributed by atoms with Crippen molar-refractivity contribution in [3.63, 3.8) is 0 Å². The first-order valence-electron chi connectivity index (χ1n) is 5.74. The number of likely N-dealkylation sites (N-methyl/N-ethyl adjacent to an activating group) is 1. The van der Waals surface area contributed by atoms with Crippen LogP contribution in [0, 0.1) is 11.3 Å². The minimum absolute atomic E-state index is 0.0663. The second kappa shape index (κ2) is 6.64. The van der Waals surface area contributed by atoms with Crippen molar-refractivity contribution in [2.75, 3.05) is 26.8 Å². The molecule has 1 aliphatic heterocycles. The monoisotopic (exact) mass is 224 g/mol. The molecule has 0 radical (unpaired) electrons. The average Bonchev–Trinajstić information content (AvgIpc) is 2.29. The van der Waals surface area contributed by atoms with Crippen LogP contribution in [-0.4, -0.2) is 44.0 Å². The van der Waals surface area contributed by atoms with Crippen molar-refractivity contribution in [2.24, 2.45) is 0 Å². The SMILES string of the molecule is CCOC(OCC)C1=CCN(C)C(C#N)C1. The van der Waals surface area contributed by atoms with Gasteiger partial charge in [0.05, 0.1) is 6.07 Å². The summed E-state index contributed by atoms with van der Waals surface area (Å²) >= 11 is 0. The minimum atomic E-state index is -0.278. The van der Waals surface area contributed by atoms with E-state index in [0.29, 0.717) is 19.6 Å². The Morgan fingerprint density at radius 1 is 1.50 bits per heavy atom. The Morgan fingerprint density at radius 2 is 2.12 bits per heavy atom. The van der Waals surface area contributed by atoms with Gasteiger partial charge in [-0.15, -0.1) is 0 Å².